The zero-order valence-electron chi connectivity index (χ0n) is 11.5. The Kier molecular flexibility index (Phi) is 4.20. The molecule has 4 nitrogen and oxygen atoms in total. The molecule has 0 aliphatic heterocycles. The van der Waals surface area contributed by atoms with Gasteiger partial charge in [0, 0.05) is 17.1 Å². The Bertz CT molecular complexity index is 662. The molecule has 0 atom stereocenters. The molecule has 0 bridgehead atoms. The number of nitrogens with zero attached hydrogens (tertiary/aromatic N) is 1. The number of hydrogen-bond acceptors (Lipinski definition) is 2. The molecule has 0 radical (unpaired) electrons. The van der Waals surface area contributed by atoms with Gasteiger partial charge in [0.2, 0.25) is 0 Å². The summed E-state index contributed by atoms with van der Waals surface area (Å²) >= 11 is 0. The average molecular weight is 300 g/mol. The first-order valence-corrected chi connectivity index (χ1v) is 6.70. The van der Waals surface area contributed by atoms with Gasteiger partial charge in [-0.3, -0.25) is 10.1 Å². The van der Waals surface area contributed by atoms with E-state index in [0.29, 0.717) is 12.5 Å². The molecule has 2 rings (SSSR count). The van der Waals surface area contributed by atoms with Crippen molar-refractivity contribution in [3.63, 3.8) is 0 Å². The normalized spacial score (nSPS) is 12.0. The van der Waals surface area contributed by atoms with Gasteiger partial charge in [0.25, 0.3) is 5.69 Å². The van der Waals surface area contributed by atoms with E-state index in [4.69, 9.17) is 0 Å². The minimum atomic E-state index is -4.60. The summed E-state index contributed by atoms with van der Waals surface area (Å²) in [6.45, 7) is 2.05. The molecule has 1 aromatic carbocycles. The summed E-state index contributed by atoms with van der Waals surface area (Å²) in [7, 11) is 0. The van der Waals surface area contributed by atoms with Crippen LogP contribution in [0.4, 0.5) is 18.9 Å². The van der Waals surface area contributed by atoms with E-state index in [1.165, 1.54) is 0 Å². The highest BCUT2D eigenvalue weighted by atomic mass is 19.4. The largest absolute Gasteiger partial charge is 0.416 e. The van der Waals surface area contributed by atoms with Crippen LogP contribution < -0.4 is 0 Å². The van der Waals surface area contributed by atoms with Crippen LogP contribution in [0.5, 0.6) is 0 Å². The maximum Gasteiger partial charge on any atom is 0.416 e. The van der Waals surface area contributed by atoms with Crippen molar-refractivity contribution in [3.8, 4) is 0 Å². The highest BCUT2D eigenvalue weighted by Crippen LogP contribution is 2.36. The molecule has 21 heavy (non-hydrogen) atoms. The zero-order valence-corrected chi connectivity index (χ0v) is 11.5. The van der Waals surface area contributed by atoms with Gasteiger partial charge in [-0.1, -0.05) is 19.8 Å². The second-order valence-electron chi connectivity index (χ2n) is 4.97. The first-order valence-electron chi connectivity index (χ1n) is 6.70. The summed E-state index contributed by atoms with van der Waals surface area (Å²) in [5, 5.41) is 11.2. The monoisotopic (exact) mass is 300 g/mol. The van der Waals surface area contributed by atoms with E-state index in [-0.39, 0.29) is 10.9 Å². The SMILES string of the molecule is CCCCCc1cc2cc(C(F)(F)F)cc([N+](=O)[O-])c2[nH]1. The number of non-ortho nitro benzene ring substituents is 1. The maximum atomic E-state index is 12.8. The van der Waals surface area contributed by atoms with Crippen LogP contribution >= 0.6 is 0 Å². The van der Waals surface area contributed by atoms with Crippen LogP contribution in [0.3, 0.4) is 0 Å². The number of nitrogens with one attached hydrogen (secondary N) is 1. The highest BCUT2D eigenvalue weighted by Gasteiger charge is 2.33. The van der Waals surface area contributed by atoms with Crippen LogP contribution in [0.15, 0.2) is 18.2 Å². The Morgan fingerprint density at radius 2 is 1.95 bits per heavy atom. The third kappa shape index (κ3) is 3.34. The summed E-state index contributed by atoms with van der Waals surface area (Å²) < 4.78 is 38.3. The Balaban J connectivity index is 2.48. The van der Waals surface area contributed by atoms with Crippen LogP contribution in [0.1, 0.15) is 37.4 Å². The molecular weight excluding hydrogens is 285 g/mol. The van der Waals surface area contributed by atoms with Gasteiger partial charge in [0.05, 0.1) is 10.5 Å². The van der Waals surface area contributed by atoms with E-state index < -0.39 is 22.4 Å². The lowest BCUT2D eigenvalue weighted by atomic mass is 10.1. The predicted octanol–water partition coefficient (Wildman–Crippen LogP) is 4.83. The number of halogens is 3. The lowest BCUT2D eigenvalue weighted by Crippen LogP contribution is -2.05. The van der Waals surface area contributed by atoms with E-state index in [1.54, 1.807) is 6.07 Å². The molecule has 0 fully saturated rings. The Morgan fingerprint density at radius 3 is 2.52 bits per heavy atom. The minimum Gasteiger partial charge on any atom is -0.353 e. The van der Waals surface area contributed by atoms with Gasteiger partial charge in [-0.05, 0) is 25.0 Å². The number of nitro benzene ring substituents is 1. The molecule has 1 N–H and O–H groups in total. The molecule has 1 aromatic heterocycles. The molecular formula is C14H15F3N2O2. The van der Waals surface area contributed by atoms with E-state index >= 15 is 0 Å². The molecule has 0 saturated heterocycles. The van der Waals surface area contributed by atoms with Crippen molar-refractivity contribution in [1.82, 2.24) is 4.98 Å². The first-order chi connectivity index (χ1) is 9.82. The van der Waals surface area contributed by atoms with Gasteiger partial charge >= 0.3 is 6.18 Å². The van der Waals surface area contributed by atoms with E-state index in [1.807, 2.05) is 6.92 Å². The third-order valence-corrected chi connectivity index (χ3v) is 3.34. The van der Waals surface area contributed by atoms with E-state index in [2.05, 4.69) is 4.98 Å². The van der Waals surface area contributed by atoms with Crippen molar-refractivity contribution < 1.29 is 18.1 Å². The molecule has 7 heteroatoms. The van der Waals surface area contributed by atoms with Gasteiger partial charge in [-0.2, -0.15) is 13.2 Å². The second kappa shape index (κ2) is 5.75. The lowest BCUT2D eigenvalue weighted by molar-refractivity contribution is -0.383. The van der Waals surface area contributed by atoms with Crippen LogP contribution in [-0.2, 0) is 12.6 Å². The zero-order chi connectivity index (χ0) is 15.6. The Labute approximate surface area is 119 Å². The standard InChI is InChI=1S/C14H15F3N2O2/c1-2-3-4-5-11-7-9-6-10(14(15,16)17)8-12(19(20)21)13(9)18-11/h6-8,18H,2-5H2,1H3. The molecule has 114 valence electrons. The third-order valence-electron chi connectivity index (χ3n) is 3.34. The summed E-state index contributed by atoms with van der Waals surface area (Å²) in [6.07, 6.45) is -1.01. The van der Waals surface area contributed by atoms with Gasteiger partial charge in [0.15, 0.2) is 0 Å². The molecule has 0 unspecified atom stereocenters. The molecule has 0 spiro atoms. The van der Waals surface area contributed by atoms with E-state index in [9.17, 15) is 23.3 Å². The average Bonchev–Trinajstić information content (AvgIpc) is 2.79. The van der Waals surface area contributed by atoms with Gasteiger partial charge in [-0.15, -0.1) is 0 Å². The fraction of sp³-hybridized carbons (Fsp3) is 0.429. The van der Waals surface area contributed by atoms with Crippen molar-refractivity contribution in [2.75, 3.05) is 0 Å². The van der Waals surface area contributed by atoms with E-state index in [0.717, 1.165) is 31.0 Å². The number of aryl methyl sites for hydroxylation is 1. The number of alkyl halides is 3. The number of aromatic nitrogens is 1. The van der Waals surface area contributed by atoms with Crippen molar-refractivity contribution >= 4 is 16.6 Å². The number of fused-ring (bicyclic) bond motifs is 1. The second-order valence-corrected chi connectivity index (χ2v) is 4.97. The van der Waals surface area contributed by atoms with Crippen molar-refractivity contribution in [1.29, 1.82) is 0 Å². The molecule has 0 saturated carbocycles. The Morgan fingerprint density at radius 1 is 1.24 bits per heavy atom. The van der Waals surface area contributed by atoms with Crippen molar-refractivity contribution in [2.24, 2.45) is 0 Å². The number of benzene rings is 1. The smallest absolute Gasteiger partial charge is 0.353 e. The molecule has 1 heterocycles. The fourth-order valence-corrected chi connectivity index (χ4v) is 2.29. The summed E-state index contributed by atoms with van der Waals surface area (Å²) in [5.41, 5.74) is -0.664. The predicted molar refractivity (Wildman–Crippen MR) is 73.2 cm³/mol. The number of unbranched alkanes of at least 4 members (excludes halogenated alkanes) is 2. The molecule has 2 aromatic rings. The molecule has 0 aliphatic carbocycles. The van der Waals surface area contributed by atoms with Crippen LogP contribution in [0.25, 0.3) is 10.9 Å². The van der Waals surface area contributed by atoms with Crippen molar-refractivity contribution in [3.05, 3.63) is 39.6 Å². The minimum absolute atomic E-state index is 0.152. The van der Waals surface area contributed by atoms with Gasteiger partial charge < -0.3 is 4.98 Å². The highest BCUT2D eigenvalue weighted by molar-refractivity contribution is 5.89. The van der Waals surface area contributed by atoms with Gasteiger partial charge in [-0.25, -0.2) is 0 Å². The maximum absolute atomic E-state index is 12.8. The summed E-state index contributed by atoms with van der Waals surface area (Å²) in [5.74, 6) is 0. The number of nitro groups is 1. The van der Waals surface area contributed by atoms with Crippen LogP contribution in [0.2, 0.25) is 0 Å². The number of H-pyrrole nitrogens is 1. The summed E-state index contributed by atoms with van der Waals surface area (Å²) in [4.78, 5) is 13.1. The topological polar surface area (TPSA) is 58.9 Å². The van der Waals surface area contributed by atoms with Gasteiger partial charge in [0.1, 0.15) is 5.52 Å². The number of rotatable bonds is 5. The molecule has 0 aliphatic rings. The number of hydrogen-bond donors (Lipinski definition) is 1. The number of aromatic amines is 1. The fourth-order valence-electron chi connectivity index (χ4n) is 2.29. The Hall–Kier alpha value is -2.05. The quantitative estimate of drug-likeness (QED) is 0.488. The first kappa shape index (κ1) is 15.3. The molecule has 0 amide bonds. The lowest BCUT2D eigenvalue weighted by Gasteiger charge is -2.06. The summed E-state index contributed by atoms with van der Waals surface area (Å²) in [6, 6.07) is 3.09. The van der Waals surface area contributed by atoms with Crippen LogP contribution in [-0.4, -0.2) is 9.91 Å². The van der Waals surface area contributed by atoms with Crippen LogP contribution in [0, 0.1) is 10.1 Å². The van der Waals surface area contributed by atoms with Crippen molar-refractivity contribution in [2.45, 2.75) is 38.8 Å².